The summed E-state index contributed by atoms with van der Waals surface area (Å²) in [6.07, 6.45) is 2.67. The molecule has 0 aromatic carbocycles. The number of nitrogens with zero attached hydrogens (tertiary/aromatic N) is 2. The van der Waals surface area contributed by atoms with Crippen LogP contribution in [-0.2, 0) is 6.54 Å². The minimum atomic E-state index is 0.0164. The second-order valence-electron chi connectivity index (χ2n) is 6.15. The van der Waals surface area contributed by atoms with Crippen molar-refractivity contribution in [3.8, 4) is 0 Å². The van der Waals surface area contributed by atoms with Crippen LogP contribution >= 0.6 is 0 Å². The smallest absolute Gasteiger partial charge is 0.250 e. The van der Waals surface area contributed by atoms with Crippen LogP contribution in [-0.4, -0.2) is 29.6 Å². The third kappa shape index (κ3) is 5.36. The largest absolute Gasteiger partial charge is 0.398 e. The summed E-state index contributed by atoms with van der Waals surface area (Å²) in [5, 5.41) is 0. The fourth-order valence-electron chi connectivity index (χ4n) is 2.12. The molecule has 4 nitrogen and oxygen atoms in total. The number of hydrogen-bond donors (Lipinski definition) is 1. The highest BCUT2D eigenvalue weighted by Gasteiger charge is 2.12. The molecule has 2 N–H and O–H groups in total. The van der Waals surface area contributed by atoms with Crippen LogP contribution in [0.25, 0.3) is 0 Å². The van der Waals surface area contributed by atoms with Crippen LogP contribution in [0.15, 0.2) is 23.1 Å². The van der Waals surface area contributed by atoms with Crippen LogP contribution in [0.2, 0.25) is 0 Å². The third-order valence-electron chi connectivity index (χ3n) is 2.69. The van der Waals surface area contributed by atoms with Gasteiger partial charge in [-0.3, -0.25) is 4.79 Å². The molecular weight excluding hydrogens is 226 g/mol. The first-order chi connectivity index (χ1) is 8.28. The monoisotopic (exact) mass is 251 g/mol. The lowest BCUT2D eigenvalue weighted by molar-refractivity contribution is 0.222. The summed E-state index contributed by atoms with van der Waals surface area (Å²) in [7, 11) is 2.12. The molecule has 0 atom stereocenters. The Morgan fingerprint density at radius 2 is 2.00 bits per heavy atom. The molecule has 0 fully saturated rings. The summed E-state index contributed by atoms with van der Waals surface area (Å²) in [6.45, 7) is 9.44. The fourth-order valence-corrected chi connectivity index (χ4v) is 2.12. The Hall–Kier alpha value is -1.29. The van der Waals surface area contributed by atoms with E-state index in [2.05, 4.69) is 32.7 Å². The van der Waals surface area contributed by atoms with Crippen molar-refractivity contribution in [3.05, 3.63) is 28.7 Å². The van der Waals surface area contributed by atoms with Crippen LogP contribution in [0.5, 0.6) is 0 Å². The number of nitrogens with two attached hydrogens (primary N) is 1. The first-order valence-corrected chi connectivity index (χ1v) is 6.42. The van der Waals surface area contributed by atoms with Crippen molar-refractivity contribution in [3.63, 3.8) is 0 Å². The molecule has 0 amide bonds. The first kappa shape index (κ1) is 14.8. The Balaban J connectivity index is 2.42. The van der Waals surface area contributed by atoms with Crippen LogP contribution in [0.3, 0.4) is 0 Å². The van der Waals surface area contributed by atoms with Gasteiger partial charge in [0.2, 0.25) is 0 Å². The number of anilines is 1. The quantitative estimate of drug-likeness (QED) is 0.868. The molecule has 4 heteroatoms. The third-order valence-corrected chi connectivity index (χ3v) is 2.69. The van der Waals surface area contributed by atoms with E-state index in [0.717, 1.165) is 26.1 Å². The topological polar surface area (TPSA) is 51.3 Å². The zero-order valence-corrected chi connectivity index (χ0v) is 11.9. The van der Waals surface area contributed by atoms with Gasteiger partial charge < -0.3 is 15.2 Å². The molecule has 1 heterocycles. The molecular formula is C14H25N3O. The maximum absolute atomic E-state index is 11.6. The van der Waals surface area contributed by atoms with Crippen molar-refractivity contribution in [1.29, 1.82) is 0 Å². The van der Waals surface area contributed by atoms with Gasteiger partial charge in [0.25, 0.3) is 5.56 Å². The van der Waals surface area contributed by atoms with Crippen molar-refractivity contribution in [2.75, 3.05) is 25.9 Å². The number of rotatable bonds is 5. The van der Waals surface area contributed by atoms with Gasteiger partial charge in [0.05, 0.1) is 0 Å². The first-order valence-electron chi connectivity index (χ1n) is 6.42. The van der Waals surface area contributed by atoms with Gasteiger partial charge in [0.15, 0.2) is 0 Å². The maximum Gasteiger partial charge on any atom is 0.250 e. The lowest BCUT2D eigenvalue weighted by Gasteiger charge is -2.26. The van der Waals surface area contributed by atoms with Crippen LogP contribution in [0.4, 0.5) is 5.69 Å². The van der Waals surface area contributed by atoms with E-state index in [1.165, 1.54) is 6.07 Å². The highest BCUT2D eigenvalue weighted by molar-refractivity contribution is 5.33. The van der Waals surface area contributed by atoms with Crippen LogP contribution in [0.1, 0.15) is 27.2 Å². The molecule has 0 aliphatic carbocycles. The Labute approximate surface area is 109 Å². The average Bonchev–Trinajstić information content (AvgIpc) is 2.20. The lowest BCUT2D eigenvalue weighted by Crippen LogP contribution is -2.31. The molecule has 0 aliphatic rings. The van der Waals surface area contributed by atoms with E-state index in [-0.39, 0.29) is 5.56 Å². The summed E-state index contributed by atoms with van der Waals surface area (Å²) in [5.41, 5.74) is 6.63. The van der Waals surface area contributed by atoms with Gasteiger partial charge in [0.1, 0.15) is 0 Å². The summed E-state index contributed by atoms with van der Waals surface area (Å²) < 4.78 is 1.68. The van der Waals surface area contributed by atoms with E-state index in [4.69, 9.17) is 5.73 Å². The van der Waals surface area contributed by atoms with Gasteiger partial charge in [-0.25, -0.2) is 0 Å². The van der Waals surface area contributed by atoms with Crippen molar-refractivity contribution in [2.24, 2.45) is 5.41 Å². The Morgan fingerprint density at radius 3 is 2.61 bits per heavy atom. The van der Waals surface area contributed by atoms with Crippen molar-refractivity contribution >= 4 is 5.69 Å². The van der Waals surface area contributed by atoms with Gasteiger partial charge in [-0.2, -0.15) is 0 Å². The van der Waals surface area contributed by atoms with E-state index >= 15 is 0 Å². The van der Waals surface area contributed by atoms with Crippen LogP contribution in [0, 0.1) is 5.41 Å². The average molecular weight is 251 g/mol. The highest BCUT2D eigenvalue weighted by atomic mass is 16.1. The van der Waals surface area contributed by atoms with Gasteiger partial charge in [-0.1, -0.05) is 20.8 Å². The molecule has 0 saturated carbocycles. The standard InChI is InChI=1S/C14H25N3O/c1-14(2,3)11-16(4)8-5-9-17-10-12(15)6-7-13(17)18/h6-7,10H,5,8-9,11,15H2,1-4H3. The molecule has 0 spiro atoms. The van der Waals surface area contributed by atoms with Crippen molar-refractivity contribution in [1.82, 2.24) is 9.47 Å². The summed E-state index contributed by atoms with van der Waals surface area (Å²) >= 11 is 0. The van der Waals surface area contributed by atoms with Gasteiger partial charge in [-0.15, -0.1) is 0 Å². The molecule has 0 saturated heterocycles. The van der Waals surface area contributed by atoms with Gasteiger partial charge in [0, 0.05) is 31.0 Å². The molecule has 102 valence electrons. The minimum Gasteiger partial charge on any atom is -0.398 e. The molecule has 0 aliphatic heterocycles. The minimum absolute atomic E-state index is 0.0164. The van der Waals surface area contributed by atoms with E-state index in [1.807, 2.05) is 0 Å². The zero-order valence-electron chi connectivity index (χ0n) is 11.9. The number of aryl methyl sites for hydroxylation is 1. The van der Waals surface area contributed by atoms with E-state index in [1.54, 1.807) is 16.8 Å². The van der Waals surface area contributed by atoms with E-state index in [9.17, 15) is 4.79 Å². The Bertz CT molecular complexity index is 431. The number of hydrogen-bond acceptors (Lipinski definition) is 3. The predicted octanol–water partition coefficient (Wildman–Crippen LogP) is 1.80. The number of aromatic nitrogens is 1. The zero-order chi connectivity index (χ0) is 13.8. The molecule has 0 bridgehead atoms. The normalized spacial score (nSPS) is 12.1. The lowest BCUT2D eigenvalue weighted by atomic mass is 9.96. The molecule has 1 aromatic heterocycles. The predicted molar refractivity (Wildman–Crippen MR) is 76.7 cm³/mol. The van der Waals surface area contributed by atoms with Crippen molar-refractivity contribution < 1.29 is 0 Å². The fraction of sp³-hybridized carbons (Fsp3) is 0.643. The van der Waals surface area contributed by atoms with Crippen molar-refractivity contribution in [2.45, 2.75) is 33.7 Å². The Kier molecular flexibility index (Phi) is 4.96. The summed E-state index contributed by atoms with van der Waals surface area (Å²) in [6, 6.07) is 3.17. The molecule has 0 radical (unpaired) electrons. The van der Waals surface area contributed by atoms with Gasteiger partial charge >= 0.3 is 0 Å². The number of nitrogen functional groups attached to an aromatic ring is 1. The van der Waals surface area contributed by atoms with E-state index < -0.39 is 0 Å². The van der Waals surface area contributed by atoms with Gasteiger partial charge in [-0.05, 0) is 31.5 Å². The second kappa shape index (κ2) is 6.05. The second-order valence-corrected chi connectivity index (χ2v) is 6.15. The number of pyridine rings is 1. The van der Waals surface area contributed by atoms with E-state index in [0.29, 0.717) is 11.1 Å². The SMILES string of the molecule is CN(CCCn1cc(N)ccc1=O)CC(C)(C)C. The van der Waals surface area contributed by atoms with Crippen LogP contribution < -0.4 is 11.3 Å². The molecule has 1 rings (SSSR count). The summed E-state index contributed by atoms with van der Waals surface area (Å²) in [5.74, 6) is 0. The maximum atomic E-state index is 11.6. The molecule has 0 unspecified atom stereocenters. The summed E-state index contributed by atoms with van der Waals surface area (Å²) in [4.78, 5) is 13.9. The molecule has 18 heavy (non-hydrogen) atoms. The highest BCUT2D eigenvalue weighted by Crippen LogP contribution is 2.14. The molecule has 1 aromatic rings. The Morgan fingerprint density at radius 1 is 1.33 bits per heavy atom.